The molecule has 0 aromatic heterocycles. The van der Waals surface area contributed by atoms with Gasteiger partial charge in [-0.15, -0.1) is 0 Å². The summed E-state index contributed by atoms with van der Waals surface area (Å²) >= 11 is 0. The van der Waals surface area contributed by atoms with E-state index in [1.165, 1.54) is 122 Å². The van der Waals surface area contributed by atoms with E-state index in [1.807, 2.05) is 0 Å². The quantitative estimate of drug-likeness (QED) is 0.0262. The number of ether oxygens (including phenoxy) is 3. The van der Waals surface area contributed by atoms with Crippen LogP contribution in [0.2, 0.25) is 0 Å². The first-order valence-corrected chi connectivity index (χ1v) is 27.6. The molecule has 0 saturated heterocycles. The topological polar surface area (TPSA) is 78.9 Å². The second kappa shape index (κ2) is 54.2. The predicted molar refractivity (Wildman–Crippen MR) is 284 cm³/mol. The number of esters is 3. The summed E-state index contributed by atoms with van der Waals surface area (Å²) in [5.74, 6) is -0.982. The molecule has 0 fully saturated rings. The van der Waals surface area contributed by atoms with Crippen molar-refractivity contribution in [2.45, 2.75) is 264 Å². The molecule has 0 amide bonds. The largest absolute Gasteiger partial charge is 0.462 e. The molecule has 0 aromatic carbocycles. The third-order valence-corrected chi connectivity index (χ3v) is 11.6. The van der Waals surface area contributed by atoms with Crippen LogP contribution in [0.1, 0.15) is 258 Å². The van der Waals surface area contributed by atoms with E-state index in [0.717, 1.165) is 89.9 Å². The van der Waals surface area contributed by atoms with Gasteiger partial charge in [-0.1, -0.05) is 215 Å². The maximum Gasteiger partial charge on any atom is 0.306 e. The van der Waals surface area contributed by atoms with Gasteiger partial charge >= 0.3 is 17.9 Å². The molecule has 0 aromatic rings. The fourth-order valence-electron chi connectivity index (χ4n) is 7.47. The minimum Gasteiger partial charge on any atom is -0.462 e. The van der Waals surface area contributed by atoms with Gasteiger partial charge < -0.3 is 14.2 Å². The van der Waals surface area contributed by atoms with Crippen molar-refractivity contribution >= 4 is 17.9 Å². The van der Waals surface area contributed by atoms with Crippen LogP contribution in [0.3, 0.4) is 0 Å². The molecule has 0 aliphatic carbocycles. The molecule has 1 atom stereocenters. The van der Waals surface area contributed by atoms with Crippen molar-refractivity contribution in [3.63, 3.8) is 0 Å². The summed E-state index contributed by atoms with van der Waals surface area (Å²) in [6.45, 7) is 6.45. The first-order chi connectivity index (χ1) is 32.5. The average Bonchev–Trinajstić information content (AvgIpc) is 3.31. The minimum absolute atomic E-state index is 0.106. The van der Waals surface area contributed by atoms with Gasteiger partial charge in [-0.05, 0) is 109 Å². The lowest BCUT2D eigenvalue weighted by molar-refractivity contribution is -0.167. The second-order valence-electron chi connectivity index (χ2n) is 18.1. The van der Waals surface area contributed by atoms with Crippen LogP contribution in [-0.4, -0.2) is 37.2 Å². The van der Waals surface area contributed by atoms with Crippen LogP contribution in [0.25, 0.3) is 0 Å². The van der Waals surface area contributed by atoms with Crippen LogP contribution in [-0.2, 0) is 28.6 Å². The normalized spacial score (nSPS) is 12.7. The smallest absolute Gasteiger partial charge is 0.306 e. The van der Waals surface area contributed by atoms with Crippen molar-refractivity contribution in [3.05, 3.63) is 85.1 Å². The summed E-state index contributed by atoms with van der Waals surface area (Å²) in [5.41, 5.74) is 0. The molecule has 0 heterocycles. The monoisotopic (exact) mass is 919 g/mol. The molecule has 0 aliphatic heterocycles. The summed E-state index contributed by atoms with van der Waals surface area (Å²) in [5, 5.41) is 0. The third kappa shape index (κ3) is 51.6. The molecule has 66 heavy (non-hydrogen) atoms. The molecule has 0 rings (SSSR count). The molecule has 6 heteroatoms. The number of allylic oxidation sites excluding steroid dienone is 14. The maximum absolute atomic E-state index is 12.8. The Morgan fingerprint density at radius 1 is 0.318 bits per heavy atom. The number of carbonyl (C=O) groups is 3. The zero-order chi connectivity index (χ0) is 47.9. The summed E-state index contributed by atoms with van der Waals surface area (Å²) < 4.78 is 16.8. The minimum atomic E-state index is -0.809. The van der Waals surface area contributed by atoms with Crippen molar-refractivity contribution in [3.8, 4) is 0 Å². The van der Waals surface area contributed by atoms with Gasteiger partial charge in [0.2, 0.25) is 0 Å². The molecule has 0 aliphatic rings. The van der Waals surface area contributed by atoms with Crippen LogP contribution in [0.4, 0.5) is 0 Å². The Morgan fingerprint density at radius 2 is 0.606 bits per heavy atom. The van der Waals surface area contributed by atoms with E-state index in [1.54, 1.807) is 0 Å². The fraction of sp³-hybridized carbons (Fsp3) is 0.717. The molecule has 0 saturated carbocycles. The van der Waals surface area contributed by atoms with Gasteiger partial charge in [0.1, 0.15) is 13.2 Å². The zero-order valence-electron chi connectivity index (χ0n) is 43.2. The highest BCUT2D eigenvalue weighted by Crippen LogP contribution is 2.14. The molecular weight excluding hydrogens is 817 g/mol. The van der Waals surface area contributed by atoms with Crippen molar-refractivity contribution in [2.24, 2.45) is 0 Å². The SMILES string of the molecule is CC/C=C\C/C=C\C/C=C\CCCCCCC(=O)OCC(COC(=O)CCC/C=C\C/C=C\C/C=C\CCCCCCCC)OC(=O)CCCCCCCCC/C=C\CCCCCCCC. The van der Waals surface area contributed by atoms with Gasteiger partial charge in [0.05, 0.1) is 0 Å². The van der Waals surface area contributed by atoms with E-state index < -0.39 is 6.10 Å². The lowest BCUT2D eigenvalue weighted by Crippen LogP contribution is -2.30. The van der Waals surface area contributed by atoms with E-state index >= 15 is 0 Å². The van der Waals surface area contributed by atoms with E-state index in [9.17, 15) is 14.4 Å². The highest BCUT2D eigenvalue weighted by atomic mass is 16.6. The lowest BCUT2D eigenvalue weighted by atomic mass is 10.1. The standard InChI is InChI=1S/C60H102O6/c1-4-7-10-13-16-19-22-25-28-30-32-35-38-41-44-47-50-53-59(62)65-56-57(55-64-58(61)52-49-46-43-40-37-34-27-24-21-18-15-12-9-6-3)66-60(63)54-51-48-45-42-39-36-33-31-29-26-23-20-17-14-11-8-5-2/h9,12,18,21,25-29,32,34-35,41,44,57H,4-8,10-11,13-17,19-20,22-24,30-31,33,36-40,42-43,45-56H2,1-3H3/b12-9-,21-18-,28-25-,29-26-,34-27-,35-32-,44-41-. The van der Waals surface area contributed by atoms with Gasteiger partial charge in [0, 0.05) is 19.3 Å². The fourth-order valence-corrected chi connectivity index (χ4v) is 7.47. The molecule has 0 radical (unpaired) electrons. The number of hydrogen-bond acceptors (Lipinski definition) is 6. The van der Waals surface area contributed by atoms with E-state index in [2.05, 4.69) is 106 Å². The highest BCUT2D eigenvalue weighted by molar-refractivity contribution is 5.71. The van der Waals surface area contributed by atoms with Crippen LogP contribution >= 0.6 is 0 Å². The van der Waals surface area contributed by atoms with Gasteiger partial charge in [-0.3, -0.25) is 14.4 Å². The molecule has 378 valence electrons. The molecule has 1 unspecified atom stereocenters. The van der Waals surface area contributed by atoms with Crippen LogP contribution in [0, 0.1) is 0 Å². The predicted octanol–water partition coefficient (Wildman–Crippen LogP) is 18.4. The van der Waals surface area contributed by atoms with Crippen molar-refractivity contribution in [1.82, 2.24) is 0 Å². The van der Waals surface area contributed by atoms with Crippen molar-refractivity contribution in [1.29, 1.82) is 0 Å². The van der Waals surface area contributed by atoms with E-state index in [4.69, 9.17) is 14.2 Å². The summed E-state index contributed by atoms with van der Waals surface area (Å²) in [7, 11) is 0. The molecular formula is C60H102O6. The number of rotatable bonds is 49. The summed E-state index contributed by atoms with van der Waals surface area (Å²) in [6, 6.07) is 0. The van der Waals surface area contributed by atoms with E-state index in [-0.39, 0.29) is 37.5 Å². The van der Waals surface area contributed by atoms with Crippen LogP contribution in [0.15, 0.2) is 85.1 Å². The molecule has 0 spiro atoms. The summed E-state index contributed by atoms with van der Waals surface area (Å²) in [4.78, 5) is 38.1. The highest BCUT2D eigenvalue weighted by Gasteiger charge is 2.19. The Balaban J connectivity index is 4.49. The third-order valence-electron chi connectivity index (χ3n) is 11.6. The first-order valence-electron chi connectivity index (χ1n) is 27.6. The number of unbranched alkanes of at least 4 members (excludes halogenated alkanes) is 24. The summed E-state index contributed by atoms with van der Waals surface area (Å²) in [6.07, 6.45) is 70.0. The Labute approximate surface area is 407 Å². The Bertz CT molecular complexity index is 1290. The molecule has 0 bridgehead atoms. The van der Waals surface area contributed by atoms with Gasteiger partial charge in [0.25, 0.3) is 0 Å². The Kier molecular flexibility index (Phi) is 51.4. The Hall–Kier alpha value is -3.41. The number of hydrogen-bond donors (Lipinski definition) is 0. The zero-order valence-corrected chi connectivity index (χ0v) is 43.2. The van der Waals surface area contributed by atoms with Crippen molar-refractivity contribution in [2.75, 3.05) is 13.2 Å². The second-order valence-corrected chi connectivity index (χ2v) is 18.1. The van der Waals surface area contributed by atoms with E-state index in [0.29, 0.717) is 19.3 Å². The van der Waals surface area contributed by atoms with Gasteiger partial charge in [-0.2, -0.15) is 0 Å². The average molecular weight is 919 g/mol. The molecule has 0 N–H and O–H groups in total. The number of carbonyl (C=O) groups excluding carboxylic acids is 3. The maximum atomic E-state index is 12.8. The van der Waals surface area contributed by atoms with Gasteiger partial charge in [0.15, 0.2) is 6.10 Å². The van der Waals surface area contributed by atoms with Crippen molar-refractivity contribution < 1.29 is 28.6 Å². The van der Waals surface area contributed by atoms with Gasteiger partial charge in [-0.25, -0.2) is 0 Å². The lowest BCUT2D eigenvalue weighted by Gasteiger charge is -2.18. The first kappa shape index (κ1) is 62.6. The Morgan fingerprint density at radius 3 is 1.00 bits per heavy atom. The van der Waals surface area contributed by atoms with Crippen LogP contribution in [0.5, 0.6) is 0 Å². The molecule has 6 nitrogen and oxygen atoms in total. The van der Waals surface area contributed by atoms with Crippen LogP contribution < -0.4 is 0 Å².